The fourth-order valence-electron chi connectivity index (χ4n) is 3.89. The van der Waals surface area contributed by atoms with Crippen molar-refractivity contribution >= 4 is 45.8 Å². The molecule has 0 N–H and O–H groups in total. The van der Waals surface area contributed by atoms with Crippen molar-refractivity contribution in [3.63, 3.8) is 0 Å². The molecule has 0 aliphatic rings. The predicted octanol–water partition coefficient (Wildman–Crippen LogP) is 5.28. The summed E-state index contributed by atoms with van der Waals surface area (Å²) in [6.07, 6.45) is 0. The van der Waals surface area contributed by atoms with Gasteiger partial charge in [-0.15, -0.1) is 10.2 Å². The molecule has 0 atom stereocenters. The first-order valence-electron chi connectivity index (χ1n) is 10.3. The third kappa shape index (κ3) is 3.83. The minimum absolute atomic E-state index is 0.0413. The number of para-hydroxylation sites is 1. The van der Waals surface area contributed by atoms with Gasteiger partial charge in [-0.1, -0.05) is 53.2 Å². The normalized spacial score (nSPS) is 11.4. The van der Waals surface area contributed by atoms with Crippen molar-refractivity contribution in [1.82, 2.24) is 19.2 Å². The van der Waals surface area contributed by atoms with Gasteiger partial charge >= 0.3 is 0 Å². The van der Waals surface area contributed by atoms with Gasteiger partial charge in [0.25, 0.3) is 5.56 Å². The summed E-state index contributed by atoms with van der Waals surface area (Å²) in [5.41, 5.74) is 3.94. The third-order valence-corrected chi connectivity index (χ3v) is 6.67. The molecule has 0 aliphatic heterocycles. The SMILES string of the molecule is Cc1ccc(-n2c(=O)c3ccccc3n3c(SCC(=O)c4ccc(Cl)cc4)nnc23)c(C)c1. The molecule has 0 unspecified atom stereocenters. The van der Waals surface area contributed by atoms with Crippen LogP contribution in [-0.2, 0) is 0 Å². The Kier molecular flexibility index (Phi) is 5.52. The van der Waals surface area contributed by atoms with E-state index in [-0.39, 0.29) is 17.1 Å². The van der Waals surface area contributed by atoms with Gasteiger partial charge in [-0.2, -0.15) is 0 Å². The van der Waals surface area contributed by atoms with E-state index in [0.29, 0.717) is 32.4 Å². The third-order valence-electron chi connectivity index (χ3n) is 5.49. The fraction of sp³-hybridized carbons (Fsp3) is 0.120. The van der Waals surface area contributed by atoms with Crippen LogP contribution in [0.2, 0.25) is 5.02 Å². The Morgan fingerprint density at radius 3 is 2.52 bits per heavy atom. The molecule has 164 valence electrons. The van der Waals surface area contributed by atoms with E-state index in [1.165, 1.54) is 11.8 Å². The van der Waals surface area contributed by atoms with E-state index < -0.39 is 0 Å². The molecule has 0 spiro atoms. The molecular formula is C25H19ClN4O2S. The Balaban J connectivity index is 1.65. The van der Waals surface area contributed by atoms with E-state index in [4.69, 9.17) is 11.6 Å². The molecule has 0 radical (unpaired) electrons. The first kappa shape index (κ1) is 21.4. The lowest BCUT2D eigenvalue weighted by Crippen LogP contribution is -2.22. The van der Waals surface area contributed by atoms with Crippen molar-refractivity contribution in [2.75, 3.05) is 5.75 Å². The summed E-state index contributed by atoms with van der Waals surface area (Å²) >= 11 is 7.21. The summed E-state index contributed by atoms with van der Waals surface area (Å²) in [5.74, 6) is 0.548. The van der Waals surface area contributed by atoms with E-state index in [2.05, 4.69) is 10.2 Å². The topological polar surface area (TPSA) is 69.3 Å². The number of aromatic nitrogens is 4. The number of aryl methyl sites for hydroxylation is 2. The predicted molar refractivity (Wildman–Crippen MR) is 132 cm³/mol. The zero-order chi connectivity index (χ0) is 23.1. The maximum atomic E-state index is 13.5. The molecule has 0 aliphatic carbocycles. The van der Waals surface area contributed by atoms with Gasteiger partial charge in [0.05, 0.1) is 22.3 Å². The van der Waals surface area contributed by atoms with Gasteiger partial charge in [-0.25, -0.2) is 4.57 Å². The second-order valence-electron chi connectivity index (χ2n) is 7.78. The number of Topliss-reactive ketones (excluding diaryl/α,β-unsaturated/α-hetero) is 1. The molecule has 0 bridgehead atoms. The molecular weight excluding hydrogens is 456 g/mol. The number of thioether (sulfide) groups is 1. The van der Waals surface area contributed by atoms with Gasteiger partial charge in [-0.3, -0.25) is 14.0 Å². The molecule has 0 saturated carbocycles. The molecule has 5 aromatic rings. The van der Waals surface area contributed by atoms with E-state index >= 15 is 0 Å². The van der Waals surface area contributed by atoms with Crippen LogP contribution in [0.3, 0.4) is 0 Å². The first-order valence-corrected chi connectivity index (χ1v) is 11.7. The maximum absolute atomic E-state index is 13.5. The minimum atomic E-state index is -0.161. The average molecular weight is 475 g/mol. The number of rotatable bonds is 5. The van der Waals surface area contributed by atoms with Crippen LogP contribution in [0.5, 0.6) is 0 Å². The van der Waals surface area contributed by atoms with Crippen molar-refractivity contribution < 1.29 is 4.79 Å². The summed E-state index contributed by atoms with van der Waals surface area (Å²) in [7, 11) is 0. The van der Waals surface area contributed by atoms with Crippen LogP contribution in [0, 0.1) is 13.8 Å². The molecule has 3 aromatic carbocycles. The summed E-state index contributed by atoms with van der Waals surface area (Å²) in [4.78, 5) is 26.2. The number of halogens is 1. The van der Waals surface area contributed by atoms with Crippen LogP contribution < -0.4 is 5.56 Å². The van der Waals surface area contributed by atoms with Crippen LogP contribution in [0.4, 0.5) is 0 Å². The zero-order valence-corrected chi connectivity index (χ0v) is 19.5. The lowest BCUT2D eigenvalue weighted by molar-refractivity contribution is 0.102. The second kappa shape index (κ2) is 8.50. The van der Waals surface area contributed by atoms with Crippen molar-refractivity contribution in [2.45, 2.75) is 19.0 Å². The standard InChI is InChI=1S/C25H19ClN4O2S/c1-15-7-12-20(16(2)13-15)29-23(32)19-5-3-4-6-21(19)30-24(29)27-28-25(30)33-14-22(31)17-8-10-18(26)11-9-17/h3-13H,14H2,1-2H3. The van der Waals surface area contributed by atoms with E-state index in [0.717, 1.165) is 16.8 Å². The fourth-order valence-corrected chi connectivity index (χ4v) is 4.86. The highest BCUT2D eigenvalue weighted by atomic mass is 35.5. The Labute approximate surface area is 198 Å². The number of nitrogens with zero attached hydrogens (tertiary/aromatic N) is 4. The largest absolute Gasteiger partial charge is 0.293 e. The maximum Gasteiger partial charge on any atom is 0.267 e. The van der Waals surface area contributed by atoms with E-state index in [9.17, 15) is 9.59 Å². The number of carbonyl (C=O) groups is 1. The second-order valence-corrected chi connectivity index (χ2v) is 9.16. The molecule has 5 rings (SSSR count). The molecule has 2 aromatic heterocycles. The van der Waals surface area contributed by atoms with Gasteiger partial charge in [0.1, 0.15) is 0 Å². The summed E-state index contributed by atoms with van der Waals surface area (Å²) in [6.45, 7) is 3.98. The Morgan fingerprint density at radius 2 is 1.76 bits per heavy atom. The van der Waals surface area contributed by atoms with Crippen molar-refractivity contribution in [1.29, 1.82) is 0 Å². The van der Waals surface area contributed by atoms with Gasteiger partial charge in [0, 0.05) is 10.6 Å². The monoisotopic (exact) mass is 474 g/mol. The van der Waals surface area contributed by atoms with E-state index in [1.54, 1.807) is 34.9 Å². The zero-order valence-electron chi connectivity index (χ0n) is 17.9. The molecule has 33 heavy (non-hydrogen) atoms. The summed E-state index contributed by atoms with van der Waals surface area (Å²) < 4.78 is 3.44. The van der Waals surface area contributed by atoms with Crippen LogP contribution >= 0.6 is 23.4 Å². The number of carbonyl (C=O) groups excluding carboxylic acids is 1. The number of hydrogen-bond acceptors (Lipinski definition) is 5. The van der Waals surface area contributed by atoms with Gasteiger partial charge in [-0.05, 0) is 61.9 Å². The van der Waals surface area contributed by atoms with Gasteiger partial charge < -0.3 is 0 Å². The molecule has 0 saturated heterocycles. The molecule has 8 heteroatoms. The van der Waals surface area contributed by atoms with Crippen molar-refractivity contribution in [3.8, 4) is 5.69 Å². The molecule has 2 heterocycles. The van der Waals surface area contributed by atoms with E-state index in [1.807, 2.05) is 54.6 Å². The average Bonchev–Trinajstić information content (AvgIpc) is 3.23. The van der Waals surface area contributed by atoms with Crippen LogP contribution in [-0.4, -0.2) is 30.7 Å². The number of benzene rings is 3. The van der Waals surface area contributed by atoms with Crippen LogP contribution in [0.15, 0.2) is 76.7 Å². The van der Waals surface area contributed by atoms with Crippen LogP contribution in [0.1, 0.15) is 21.5 Å². The quantitative estimate of drug-likeness (QED) is 0.256. The lowest BCUT2D eigenvalue weighted by atomic mass is 10.1. The molecule has 6 nitrogen and oxygen atoms in total. The van der Waals surface area contributed by atoms with Crippen molar-refractivity contribution in [3.05, 3.63) is 98.8 Å². The first-order chi connectivity index (χ1) is 15.9. The smallest absolute Gasteiger partial charge is 0.267 e. The van der Waals surface area contributed by atoms with Crippen LogP contribution in [0.25, 0.3) is 22.4 Å². The van der Waals surface area contributed by atoms with Gasteiger partial charge in [0.15, 0.2) is 10.9 Å². The molecule has 0 fully saturated rings. The lowest BCUT2D eigenvalue weighted by Gasteiger charge is -2.13. The Bertz CT molecular complexity index is 1590. The summed E-state index contributed by atoms with van der Waals surface area (Å²) in [5, 5.41) is 10.4. The highest BCUT2D eigenvalue weighted by Gasteiger charge is 2.19. The molecule has 0 amide bonds. The van der Waals surface area contributed by atoms with Crippen molar-refractivity contribution in [2.24, 2.45) is 0 Å². The van der Waals surface area contributed by atoms with Gasteiger partial charge in [0.2, 0.25) is 5.78 Å². The number of ketones is 1. The highest BCUT2D eigenvalue weighted by molar-refractivity contribution is 7.99. The Hall–Kier alpha value is -3.42. The number of hydrogen-bond donors (Lipinski definition) is 0. The number of fused-ring (bicyclic) bond motifs is 3. The summed E-state index contributed by atoms with van der Waals surface area (Å²) in [6, 6.07) is 20.1. The Morgan fingerprint density at radius 1 is 1.00 bits per heavy atom. The minimum Gasteiger partial charge on any atom is -0.293 e. The highest BCUT2D eigenvalue weighted by Crippen LogP contribution is 2.25.